The Labute approximate surface area is 73.1 Å². The Hall–Kier alpha value is -0.170. The maximum atomic E-state index is 11.2. The van der Waals surface area contributed by atoms with Crippen molar-refractivity contribution in [3.05, 3.63) is 0 Å². The third-order valence-electron chi connectivity index (χ3n) is 2.23. The van der Waals surface area contributed by atoms with Crippen molar-refractivity contribution in [2.24, 2.45) is 11.8 Å². The van der Waals surface area contributed by atoms with Crippen LogP contribution in [-0.2, 0) is 10.2 Å². The Kier molecular flexibility index (Phi) is 3.05. The highest BCUT2D eigenvalue weighted by atomic mass is 32.2. The van der Waals surface area contributed by atoms with Crippen molar-refractivity contribution in [1.29, 1.82) is 0 Å². The molecule has 0 saturated carbocycles. The van der Waals surface area contributed by atoms with E-state index in [1.54, 1.807) is 0 Å². The summed E-state index contributed by atoms with van der Waals surface area (Å²) in [5, 5.41) is 0. The van der Waals surface area contributed by atoms with Crippen molar-refractivity contribution in [3.8, 4) is 0 Å². The third-order valence-corrected chi connectivity index (χ3v) is 3.57. The molecule has 0 unspecified atom stereocenters. The van der Waals surface area contributed by atoms with Gasteiger partial charge in [0.1, 0.15) is 0 Å². The summed E-state index contributed by atoms with van der Waals surface area (Å²) in [7, 11) is -3.38. The van der Waals surface area contributed by atoms with Gasteiger partial charge in [0.15, 0.2) is 0 Å². The van der Waals surface area contributed by atoms with Gasteiger partial charge in [-0.3, -0.25) is 5.84 Å². The van der Waals surface area contributed by atoms with Crippen LogP contribution >= 0.6 is 0 Å². The lowest BCUT2D eigenvalue weighted by atomic mass is 10.0. The Bertz CT molecular complexity index is 231. The molecule has 1 rings (SSSR count). The third kappa shape index (κ3) is 2.16. The van der Waals surface area contributed by atoms with E-state index in [2.05, 4.69) is 6.92 Å². The molecule has 1 heterocycles. The molecule has 1 saturated heterocycles. The van der Waals surface area contributed by atoms with E-state index in [-0.39, 0.29) is 0 Å². The van der Waals surface area contributed by atoms with E-state index in [9.17, 15) is 8.42 Å². The average Bonchev–Trinajstić information content (AvgIpc) is 2.05. The molecule has 0 aliphatic carbocycles. The van der Waals surface area contributed by atoms with Gasteiger partial charge in [0.05, 0.1) is 0 Å². The molecule has 5 nitrogen and oxygen atoms in total. The lowest BCUT2D eigenvalue weighted by Gasteiger charge is -2.28. The van der Waals surface area contributed by atoms with E-state index in [0.717, 1.165) is 12.8 Å². The number of nitrogens with one attached hydrogen (secondary N) is 1. The predicted octanol–water partition coefficient (Wildman–Crippen LogP) is -0.574. The lowest BCUT2D eigenvalue weighted by molar-refractivity contribution is 0.285. The normalized spacial score (nSPS) is 22.8. The molecule has 0 bridgehead atoms. The zero-order valence-electron chi connectivity index (χ0n) is 7.16. The van der Waals surface area contributed by atoms with Gasteiger partial charge in [0.2, 0.25) is 0 Å². The van der Waals surface area contributed by atoms with Crippen LogP contribution in [0.4, 0.5) is 0 Å². The summed E-state index contributed by atoms with van der Waals surface area (Å²) in [6.45, 7) is 3.28. The van der Waals surface area contributed by atoms with Gasteiger partial charge in [-0.1, -0.05) is 6.92 Å². The van der Waals surface area contributed by atoms with Gasteiger partial charge in [-0.15, -0.1) is 4.83 Å². The zero-order valence-corrected chi connectivity index (χ0v) is 7.97. The largest absolute Gasteiger partial charge is 0.292 e. The standard InChI is InChI=1S/C6H15N3O2S/c1-6-2-4-9(5-3-6)12(10,11)8-7/h6,8H,2-5,7H2,1H3. The van der Waals surface area contributed by atoms with Gasteiger partial charge in [0.25, 0.3) is 10.2 Å². The minimum atomic E-state index is -3.38. The second kappa shape index (κ2) is 3.69. The van der Waals surface area contributed by atoms with Crippen LogP contribution in [0.5, 0.6) is 0 Å². The van der Waals surface area contributed by atoms with Crippen LogP contribution in [0, 0.1) is 5.92 Å². The maximum absolute atomic E-state index is 11.2. The smallest absolute Gasteiger partial charge is 0.257 e. The van der Waals surface area contributed by atoms with Crippen LogP contribution in [0.25, 0.3) is 0 Å². The Balaban J connectivity index is 2.56. The first kappa shape index (κ1) is 9.91. The fraction of sp³-hybridized carbons (Fsp3) is 1.00. The maximum Gasteiger partial charge on any atom is 0.292 e. The number of hydrogen-bond donors (Lipinski definition) is 2. The van der Waals surface area contributed by atoms with E-state index >= 15 is 0 Å². The van der Waals surface area contributed by atoms with Gasteiger partial charge in [0, 0.05) is 13.1 Å². The van der Waals surface area contributed by atoms with Crippen molar-refractivity contribution in [1.82, 2.24) is 9.14 Å². The number of nitrogens with two attached hydrogens (primary N) is 1. The molecule has 1 fully saturated rings. The molecule has 0 atom stereocenters. The monoisotopic (exact) mass is 193 g/mol. The number of piperidine rings is 1. The van der Waals surface area contributed by atoms with Gasteiger partial charge >= 0.3 is 0 Å². The number of hydrazine groups is 1. The molecule has 3 N–H and O–H groups in total. The van der Waals surface area contributed by atoms with Gasteiger partial charge in [-0.2, -0.15) is 12.7 Å². The fourth-order valence-corrected chi connectivity index (χ4v) is 2.14. The van der Waals surface area contributed by atoms with Gasteiger partial charge in [-0.25, -0.2) is 0 Å². The molecular formula is C6H15N3O2S. The first-order chi connectivity index (χ1) is 5.56. The predicted molar refractivity (Wildman–Crippen MR) is 46.2 cm³/mol. The second-order valence-electron chi connectivity index (χ2n) is 3.20. The average molecular weight is 193 g/mol. The summed E-state index contributed by atoms with van der Waals surface area (Å²) in [6.07, 6.45) is 1.84. The Morgan fingerprint density at radius 2 is 1.92 bits per heavy atom. The summed E-state index contributed by atoms with van der Waals surface area (Å²) in [4.78, 5) is 1.82. The van der Waals surface area contributed by atoms with Crippen LogP contribution in [0.1, 0.15) is 19.8 Å². The molecule has 0 spiro atoms. The summed E-state index contributed by atoms with van der Waals surface area (Å²) >= 11 is 0. The molecule has 1 aliphatic heterocycles. The molecule has 0 amide bonds. The van der Waals surface area contributed by atoms with E-state index in [1.165, 1.54) is 4.31 Å². The molecule has 0 aromatic rings. The van der Waals surface area contributed by atoms with Gasteiger partial charge in [-0.05, 0) is 18.8 Å². The van der Waals surface area contributed by atoms with Crippen molar-refractivity contribution >= 4 is 10.2 Å². The highest BCUT2D eigenvalue weighted by molar-refractivity contribution is 7.87. The van der Waals surface area contributed by atoms with Crippen molar-refractivity contribution in [2.75, 3.05) is 13.1 Å². The summed E-state index contributed by atoms with van der Waals surface area (Å²) in [5.41, 5.74) is 0. The highest BCUT2D eigenvalue weighted by Crippen LogP contribution is 2.17. The first-order valence-corrected chi connectivity index (χ1v) is 5.48. The highest BCUT2D eigenvalue weighted by Gasteiger charge is 2.24. The minimum Gasteiger partial charge on any atom is -0.257 e. The van der Waals surface area contributed by atoms with Crippen molar-refractivity contribution < 1.29 is 8.42 Å². The fourth-order valence-electron chi connectivity index (χ4n) is 1.30. The summed E-state index contributed by atoms with van der Waals surface area (Å²) in [6, 6.07) is 0. The van der Waals surface area contributed by atoms with E-state index in [0.29, 0.717) is 19.0 Å². The quantitative estimate of drug-likeness (QED) is 0.455. The molecule has 0 aromatic carbocycles. The second-order valence-corrected chi connectivity index (χ2v) is 4.91. The Morgan fingerprint density at radius 1 is 1.42 bits per heavy atom. The molecule has 0 aromatic heterocycles. The molecule has 6 heteroatoms. The summed E-state index contributed by atoms with van der Waals surface area (Å²) < 4.78 is 23.7. The number of rotatable bonds is 2. The zero-order chi connectivity index (χ0) is 9.19. The van der Waals surface area contributed by atoms with Crippen LogP contribution in [0.15, 0.2) is 0 Å². The molecule has 1 aliphatic rings. The number of hydrogen-bond acceptors (Lipinski definition) is 3. The molecule has 72 valence electrons. The van der Waals surface area contributed by atoms with Gasteiger partial charge < -0.3 is 0 Å². The topological polar surface area (TPSA) is 75.4 Å². The van der Waals surface area contributed by atoms with E-state index in [4.69, 9.17) is 5.84 Å². The van der Waals surface area contributed by atoms with E-state index < -0.39 is 10.2 Å². The first-order valence-electron chi connectivity index (χ1n) is 4.04. The molecule has 12 heavy (non-hydrogen) atoms. The van der Waals surface area contributed by atoms with Crippen LogP contribution in [0.3, 0.4) is 0 Å². The van der Waals surface area contributed by atoms with E-state index in [1.807, 2.05) is 4.83 Å². The summed E-state index contributed by atoms with van der Waals surface area (Å²) in [5.74, 6) is 5.51. The minimum absolute atomic E-state index is 0.577. The van der Waals surface area contributed by atoms with Crippen molar-refractivity contribution in [3.63, 3.8) is 0 Å². The SMILES string of the molecule is CC1CCN(S(=O)(=O)NN)CC1. The van der Waals surface area contributed by atoms with Crippen LogP contribution in [0.2, 0.25) is 0 Å². The molecular weight excluding hydrogens is 178 g/mol. The Morgan fingerprint density at radius 3 is 2.33 bits per heavy atom. The van der Waals surface area contributed by atoms with Crippen LogP contribution in [-0.4, -0.2) is 25.8 Å². The lowest BCUT2D eigenvalue weighted by Crippen LogP contribution is -2.47. The number of nitrogens with zero attached hydrogens (tertiary/aromatic N) is 1. The van der Waals surface area contributed by atoms with Crippen LogP contribution < -0.4 is 10.7 Å². The van der Waals surface area contributed by atoms with Crippen molar-refractivity contribution in [2.45, 2.75) is 19.8 Å². The molecule has 0 radical (unpaired) electrons.